The fraction of sp³-hybridized carbons (Fsp3) is 0.588. The Morgan fingerprint density at radius 2 is 2.09 bits per heavy atom. The van der Waals surface area contributed by atoms with E-state index in [-0.39, 0.29) is 18.4 Å². The SMILES string of the molecule is O=C(O)C[C@H]1CCc2sc3ncnc(OC4CCCCC4)c3c21. The number of carboxylic acids is 1. The van der Waals surface area contributed by atoms with E-state index in [4.69, 9.17) is 4.74 Å². The number of carboxylic acid groups (broad SMARTS) is 1. The van der Waals surface area contributed by atoms with Crippen molar-refractivity contribution in [3.05, 3.63) is 16.8 Å². The molecule has 1 N–H and O–H groups in total. The lowest BCUT2D eigenvalue weighted by Gasteiger charge is -2.23. The Kier molecular flexibility index (Phi) is 3.93. The minimum absolute atomic E-state index is 0.0657. The van der Waals surface area contributed by atoms with Gasteiger partial charge in [-0.3, -0.25) is 4.79 Å². The van der Waals surface area contributed by atoms with Gasteiger partial charge in [-0.15, -0.1) is 11.3 Å². The summed E-state index contributed by atoms with van der Waals surface area (Å²) in [6.45, 7) is 0. The van der Waals surface area contributed by atoms with Crippen LogP contribution in [-0.4, -0.2) is 27.1 Å². The van der Waals surface area contributed by atoms with Gasteiger partial charge in [0.2, 0.25) is 5.88 Å². The van der Waals surface area contributed by atoms with Gasteiger partial charge in [-0.1, -0.05) is 6.42 Å². The number of hydrogen-bond acceptors (Lipinski definition) is 5. The van der Waals surface area contributed by atoms with Crippen LogP contribution in [0.2, 0.25) is 0 Å². The van der Waals surface area contributed by atoms with E-state index in [1.54, 1.807) is 17.7 Å². The summed E-state index contributed by atoms with van der Waals surface area (Å²) in [6, 6.07) is 0. The molecule has 1 saturated carbocycles. The molecule has 23 heavy (non-hydrogen) atoms. The topological polar surface area (TPSA) is 72.3 Å². The van der Waals surface area contributed by atoms with E-state index in [2.05, 4.69) is 9.97 Å². The van der Waals surface area contributed by atoms with E-state index in [0.29, 0.717) is 5.88 Å². The van der Waals surface area contributed by atoms with Gasteiger partial charge in [-0.05, 0) is 50.0 Å². The lowest BCUT2D eigenvalue weighted by molar-refractivity contribution is -0.137. The van der Waals surface area contributed by atoms with Gasteiger partial charge >= 0.3 is 5.97 Å². The molecule has 0 aliphatic heterocycles. The van der Waals surface area contributed by atoms with E-state index < -0.39 is 5.97 Å². The maximum Gasteiger partial charge on any atom is 0.303 e. The number of thiophene rings is 1. The summed E-state index contributed by atoms with van der Waals surface area (Å²) in [6.07, 6.45) is 9.69. The van der Waals surface area contributed by atoms with Crippen molar-refractivity contribution in [2.45, 2.75) is 63.4 Å². The molecule has 1 atom stereocenters. The van der Waals surface area contributed by atoms with Crippen molar-refractivity contribution in [1.29, 1.82) is 0 Å². The molecule has 0 amide bonds. The first-order valence-corrected chi connectivity index (χ1v) is 9.18. The second kappa shape index (κ2) is 6.07. The average Bonchev–Trinajstić information content (AvgIpc) is 3.08. The van der Waals surface area contributed by atoms with Crippen LogP contribution in [-0.2, 0) is 11.2 Å². The summed E-state index contributed by atoms with van der Waals surface area (Å²) in [5.74, 6) is -0.0126. The van der Waals surface area contributed by atoms with Gasteiger partial charge in [0, 0.05) is 4.88 Å². The van der Waals surface area contributed by atoms with Crippen LogP contribution < -0.4 is 4.74 Å². The average molecular weight is 332 g/mol. The Balaban J connectivity index is 1.72. The van der Waals surface area contributed by atoms with Crippen LogP contribution in [0.1, 0.15) is 61.3 Å². The highest BCUT2D eigenvalue weighted by Crippen LogP contribution is 2.47. The van der Waals surface area contributed by atoms with Crippen molar-refractivity contribution in [2.24, 2.45) is 0 Å². The zero-order valence-corrected chi connectivity index (χ0v) is 13.8. The highest BCUT2D eigenvalue weighted by Gasteiger charge is 2.32. The van der Waals surface area contributed by atoms with Gasteiger partial charge in [-0.25, -0.2) is 9.97 Å². The van der Waals surface area contributed by atoms with Crippen LogP contribution in [0.25, 0.3) is 10.2 Å². The van der Waals surface area contributed by atoms with Crippen LogP contribution >= 0.6 is 11.3 Å². The second-order valence-electron chi connectivity index (χ2n) is 6.51. The number of carbonyl (C=O) groups is 1. The largest absolute Gasteiger partial charge is 0.481 e. The van der Waals surface area contributed by atoms with Crippen molar-refractivity contribution in [3.8, 4) is 5.88 Å². The van der Waals surface area contributed by atoms with Crippen molar-refractivity contribution in [2.75, 3.05) is 0 Å². The lowest BCUT2D eigenvalue weighted by atomic mass is 9.97. The Labute approximate surface area is 138 Å². The molecule has 4 rings (SSSR count). The number of hydrogen-bond donors (Lipinski definition) is 1. The minimum atomic E-state index is -0.742. The summed E-state index contributed by atoms with van der Waals surface area (Å²) in [4.78, 5) is 22.1. The Bertz CT molecular complexity index is 737. The fourth-order valence-electron chi connectivity index (χ4n) is 3.89. The van der Waals surface area contributed by atoms with E-state index in [1.807, 2.05) is 0 Å². The molecule has 0 spiro atoms. The zero-order chi connectivity index (χ0) is 15.8. The molecule has 122 valence electrons. The van der Waals surface area contributed by atoms with Crippen molar-refractivity contribution < 1.29 is 14.6 Å². The van der Waals surface area contributed by atoms with Gasteiger partial charge in [0.05, 0.1) is 11.8 Å². The standard InChI is InChI=1S/C17H20N2O3S/c20-13(21)8-10-6-7-12-14(10)15-16(18-9-19-17(15)23-12)22-11-4-2-1-3-5-11/h9-11H,1-8H2,(H,20,21)/t10-/m1/s1. The molecule has 2 aliphatic rings. The first-order chi connectivity index (χ1) is 11.2. The number of ether oxygens (including phenoxy) is 1. The minimum Gasteiger partial charge on any atom is -0.481 e. The molecule has 0 radical (unpaired) electrons. The highest BCUT2D eigenvalue weighted by atomic mass is 32.1. The third-order valence-electron chi connectivity index (χ3n) is 4.95. The van der Waals surface area contributed by atoms with Crippen LogP contribution in [0.5, 0.6) is 5.88 Å². The molecule has 5 nitrogen and oxygen atoms in total. The monoisotopic (exact) mass is 332 g/mol. The van der Waals surface area contributed by atoms with Gasteiger partial charge in [0.1, 0.15) is 17.3 Å². The smallest absolute Gasteiger partial charge is 0.303 e. The Morgan fingerprint density at radius 1 is 1.26 bits per heavy atom. The summed E-state index contributed by atoms with van der Waals surface area (Å²) in [5, 5.41) is 10.2. The van der Waals surface area contributed by atoms with Gasteiger partial charge in [0.25, 0.3) is 0 Å². The molecule has 0 unspecified atom stereocenters. The van der Waals surface area contributed by atoms with Crippen LogP contribution in [0.4, 0.5) is 0 Å². The maximum atomic E-state index is 11.2. The number of aryl methyl sites for hydroxylation is 1. The molecular weight excluding hydrogens is 312 g/mol. The first kappa shape index (κ1) is 14.9. The summed E-state index contributed by atoms with van der Waals surface area (Å²) >= 11 is 1.67. The number of aromatic nitrogens is 2. The van der Waals surface area contributed by atoms with E-state index in [0.717, 1.165) is 41.5 Å². The Hall–Kier alpha value is -1.69. The molecule has 2 heterocycles. The Morgan fingerprint density at radius 3 is 2.87 bits per heavy atom. The van der Waals surface area contributed by atoms with Crippen LogP contribution in [0.3, 0.4) is 0 Å². The third kappa shape index (κ3) is 2.80. The molecule has 0 bridgehead atoms. The first-order valence-electron chi connectivity index (χ1n) is 8.37. The molecule has 2 aromatic rings. The third-order valence-corrected chi connectivity index (χ3v) is 6.12. The summed E-state index contributed by atoms with van der Waals surface area (Å²) < 4.78 is 6.21. The van der Waals surface area contributed by atoms with E-state index in [1.165, 1.54) is 24.1 Å². The molecule has 1 fully saturated rings. The summed E-state index contributed by atoms with van der Waals surface area (Å²) in [5.41, 5.74) is 1.14. The van der Waals surface area contributed by atoms with Gasteiger partial charge < -0.3 is 9.84 Å². The number of rotatable bonds is 4. The number of aliphatic carboxylic acids is 1. The van der Waals surface area contributed by atoms with Crippen molar-refractivity contribution in [1.82, 2.24) is 9.97 Å². The van der Waals surface area contributed by atoms with Crippen molar-refractivity contribution in [3.63, 3.8) is 0 Å². The van der Waals surface area contributed by atoms with Gasteiger partial charge in [0.15, 0.2) is 0 Å². The predicted molar refractivity (Wildman–Crippen MR) is 88.2 cm³/mol. The van der Waals surface area contributed by atoms with Crippen molar-refractivity contribution >= 4 is 27.5 Å². The zero-order valence-electron chi connectivity index (χ0n) is 13.0. The molecule has 0 saturated heterocycles. The predicted octanol–water partition coefficient (Wildman–Crippen LogP) is 3.91. The van der Waals surface area contributed by atoms with Crippen LogP contribution in [0, 0.1) is 0 Å². The molecule has 6 heteroatoms. The maximum absolute atomic E-state index is 11.2. The lowest BCUT2D eigenvalue weighted by Crippen LogP contribution is -2.20. The fourth-order valence-corrected chi connectivity index (χ4v) is 5.12. The number of fused-ring (bicyclic) bond motifs is 3. The summed E-state index contributed by atoms with van der Waals surface area (Å²) in [7, 11) is 0. The normalized spacial score (nSPS) is 21.5. The van der Waals surface area contributed by atoms with E-state index >= 15 is 0 Å². The molecule has 2 aliphatic carbocycles. The van der Waals surface area contributed by atoms with E-state index in [9.17, 15) is 9.90 Å². The number of nitrogens with zero attached hydrogens (tertiary/aromatic N) is 2. The highest BCUT2D eigenvalue weighted by molar-refractivity contribution is 7.19. The molecule has 0 aromatic carbocycles. The van der Waals surface area contributed by atoms with Crippen LogP contribution in [0.15, 0.2) is 6.33 Å². The second-order valence-corrected chi connectivity index (χ2v) is 7.59. The van der Waals surface area contributed by atoms with Gasteiger partial charge in [-0.2, -0.15) is 0 Å². The quantitative estimate of drug-likeness (QED) is 0.919. The molecular formula is C17H20N2O3S. The molecule has 2 aromatic heterocycles.